The van der Waals surface area contributed by atoms with Crippen molar-refractivity contribution in [3.05, 3.63) is 65.1 Å². The number of aromatic nitrogens is 3. The van der Waals surface area contributed by atoms with Crippen LogP contribution in [0.5, 0.6) is 5.75 Å². The van der Waals surface area contributed by atoms with Crippen LogP contribution in [0.2, 0.25) is 0 Å². The Balaban J connectivity index is 1.71. The Morgan fingerprint density at radius 3 is 2.56 bits per heavy atom. The van der Waals surface area contributed by atoms with Crippen LogP contribution in [0.1, 0.15) is 35.6 Å². The number of nitriles is 1. The van der Waals surface area contributed by atoms with E-state index >= 15 is 0 Å². The van der Waals surface area contributed by atoms with Crippen LogP contribution in [0.15, 0.2) is 42.5 Å². The van der Waals surface area contributed by atoms with E-state index in [2.05, 4.69) is 38.7 Å². The molecule has 0 unspecified atom stereocenters. The van der Waals surface area contributed by atoms with Crippen LogP contribution in [0.25, 0.3) is 33.4 Å². The van der Waals surface area contributed by atoms with Gasteiger partial charge in [-0.2, -0.15) is 10.4 Å². The highest BCUT2D eigenvalue weighted by Gasteiger charge is 2.23. The maximum absolute atomic E-state index is 14.7. The van der Waals surface area contributed by atoms with Crippen molar-refractivity contribution in [2.45, 2.75) is 25.7 Å². The number of aryl methyl sites for hydroxylation is 1. The van der Waals surface area contributed by atoms with Crippen LogP contribution < -0.4 is 5.32 Å². The molecule has 1 aliphatic heterocycles. The Labute approximate surface area is 184 Å². The van der Waals surface area contributed by atoms with Gasteiger partial charge in [-0.25, -0.2) is 9.37 Å². The molecule has 7 heteroatoms. The molecular weight excluding hydrogens is 405 g/mol. The van der Waals surface area contributed by atoms with Gasteiger partial charge in [-0.1, -0.05) is 24.3 Å². The summed E-state index contributed by atoms with van der Waals surface area (Å²) in [6, 6.07) is 14.4. The maximum atomic E-state index is 14.7. The van der Waals surface area contributed by atoms with E-state index in [1.54, 1.807) is 0 Å². The molecule has 0 aliphatic carbocycles. The number of benzene rings is 2. The number of phenolic OH excluding ortho intramolecular Hbond substituents is 1. The van der Waals surface area contributed by atoms with E-state index in [0.29, 0.717) is 17.1 Å². The van der Waals surface area contributed by atoms with Crippen LogP contribution in [-0.4, -0.2) is 33.4 Å². The zero-order valence-electron chi connectivity index (χ0n) is 17.6. The van der Waals surface area contributed by atoms with Crippen molar-refractivity contribution in [2.24, 2.45) is 0 Å². The molecule has 4 aromatic rings. The molecule has 1 saturated heterocycles. The number of nitrogens with zero attached hydrogens (tertiary/aromatic N) is 3. The Morgan fingerprint density at radius 1 is 1.12 bits per heavy atom. The average Bonchev–Trinajstić information content (AvgIpc) is 3.19. The molecule has 5 rings (SSSR count). The molecule has 2 aromatic carbocycles. The Kier molecular flexibility index (Phi) is 5.08. The fourth-order valence-corrected chi connectivity index (χ4v) is 4.58. The first-order valence-electron chi connectivity index (χ1n) is 10.7. The predicted molar refractivity (Wildman–Crippen MR) is 121 cm³/mol. The molecule has 0 radical (unpaired) electrons. The Hall–Kier alpha value is -3.76. The van der Waals surface area contributed by atoms with Crippen molar-refractivity contribution in [1.82, 2.24) is 20.5 Å². The van der Waals surface area contributed by atoms with Gasteiger partial charge >= 0.3 is 0 Å². The van der Waals surface area contributed by atoms with Crippen LogP contribution in [0.3, 0.4) is 0 Å². The molecular formula is C25H22FN5O. The summed E-state index contributed by atoms with van der Waals surface area (Å²) in [5.41, 5.74) is 4.69. The number of pyridine rings is 1. The van der Waals surface area contributed by atoms with E-state index < -0.39 is 5.82 Å². The molecule has 1 aliphatic rings. The van der Waals surface area contributed by atoms with Gasteiger partial charge in [-0.05, 0) is 62.0 Å². The van der Waals surface area contributed by atoms with E-state index in [9.17, 15) is 14.8 Å². The van der Waals surface area contributed by atoms with Crippen molar-refractivity contribution in [3.8, 4) is 34.2 Å². The van der Waals surface area contributed by atoms with Gasteiger partial charge in [0.1, 0.15) is 17.6 Å². The average molecular weight is 427 g/mol. The summed E-state index contributed by atoms with van der Waals surface area (Å²) in [6.07, 6.45) is 2.21. The quantitative estimate of drug-likeness (QED) is 0.437. The molecule has 1 fully saturated rings. The van der Waals surface area contributed by atoms with E-state index in [-0.39, 0.29) is 22.6 Å². The lowest BCUT2D eigenvalue weighted by atomic mass is 9.88. The molecule has 2 aromatic heterocycles. The van der Waals surface area contributed by atoms with E-state index in [1.165, 1.54) is 17.7 Å². The summed E-state index contributed by atoms with van der Waals surface area (Å²) in [5, 5.41) is 31.0. The van der Waals surface area contributed by atoms with Crippen LogP contribution in [-0.2, 0) is 0 Å². The van der Waals surface area contributed by atoms with Gasteiger partial charge in [0.15, 0.2) is 5.65 Å². The third kappa shape index (κ3) is 3.39. The van der Waals surface area contributed by atoms with Crippen molar-refractivity contribution >= 4 is 11.0 Å². The van der Waals surface area contributed by atoms with Gasteiger partial charge < -0.3 is 10.4 Å². The third-order valence-electron chi connectivity index (χ3n) is 6.22. The number of halogens is 1. The molecule has 32 heavy (non-hydrogen) atoms. The first kappa shape index (κ1) is 20.2. The minimum absolute atomic E-state index is 0.154. The first-order chi connectivity index (χ1) is 15.6. The van der Waals surface area contributed by atoms with E-state index in [1.807, 2.05) is 19.1 Å². The molecule has 6 nitrogen and oxygen atoms in total. The second kappa shape index (κ2) is 8.06. The highest BCUT2D eigenvalue weighted by atomic mass is 19.1. The van der Waals surface area contributed by atoms with Crippen molar-refractivity contribution < 1.29 is 9.50 Å². The van der Waals surface area contributed by atoms with Gasteiger partial charge in [0.05, 0.1) is 22.3 Å². The number of piperidine rings is 1. The van der Waals surface area contributed by atoms with Crippen molar-refractivity contribution in [3.63, 3.8) is 0 Å². The van der Waals surface area contributed by atoms with Gasteiger partial charge in [0, 0.05) is 17.2 Å². The van der Waals surface area contributed by atoms with Gasteiger partial charge in [0.25, 0.3) is 0 Å². The first-order valence-corrected chi connectivity index (χ1v) is 10.7. The Morgan fingerprint density at radius 2 is 1.88 bits per heavy atom. The molecule has 160 valence electrons. The number of hydrogen-bond donors (Lipinski definition) is 3. The van der Waals surface area contributed by atoms with Crippen LogP contribution in [0, 0.1) is 24.1 Å². The number of nitrogens with one attached hydrogen (secondary N) is 2. The zero-order chi connectivity index (χ0) is 22.2. The van der Waals surface area contributed by atoms with Gasteiger partial charge in [-0.3, -0.25) is 5.10 Å². The third-order valence-corrected chi connectivity index (χ3v) is 6.22. The number of rotatable bonds is 3. The normalized spacial score (nSPS) is 14.5. The Bertz CT molecular complexity index is 1350. The fraction of sp³-hybridized carbons (Fsp3) is 0.240. The summed E-state index contributed by atoms with van der Waals surface area (Å²) in [7, 11) is 0. The monoisotopic (exact) mass is 427 g/mol. The van der Waals surface area contributed by atoms with Crippen LogP contribution in [0.4, 0.5) is 4.39 Å². The number of hydrogen-bond acceptors (Lipinski definition) is 5. The maximum Gasteiger partial charge on any atom is 0.156 e. The fourth-order valence-electron chi connectivity index (χ4n) is 4.58. The minimum Gasteiger partial charge on any atom is -0.508 e. The van der Waals surface area contributed by atoms with Crippen LogP contribution >= 0.6 is 0 Å². The minimum atomic E-state index is -0.642. The number of aromatic amines is 1. The zero-order valence-corrected chi connectivity index (χ0v) is 17.6. The summed E-state index contributed by atoms with van der Waals surface area (Å²) >= 11 is 0. The van der Waals surface area contributed by atoms with Gasteiger partial charge in [0.2, 0.25) is 0 Å². The second-order valence-electron chi connectivity index (χ2n) is 8.17. The lowest BCUT2D eigenvalue weighted by Crippen LogP contribution is -2.26. The standard InChI is InChI=1S/C25H22FN5O/c1-14-22-23(17-4-2-15(3-5-17)16-8-10-28-11-9-16)20(13-27)24(29-25(22)31-30-14)19-7-6-18(32)12-21(19)26/h2-7,12,16,28,32H,8-11H2,1H3,(H,29,30,31). The number of H-pyrrole nitrogens is 1. The SMILES string of the molecule is Cc1n[nH]c2nc(-c3ccc(O)cc3F)c(C#N)c(-c3ccc(C4CCNCC4)cc3)c12. The molecule has 0 bridgehead atoms. The molecule has 0 saturated carbocycles. The van der Waals surface area contributed by atoms with E-state index in [4.69, 9.17) is 0 Å². The lowest BCUT2D eigenvalue weighted by Gasteiger charge is -2.23. The molecule has 3 heterocycles. The summed E-state index contributed by atoms with van der Waals surface area (Å²) < 4.78 is 14.7. The summed E-state index contributed by atoms with van der Waals surface area (Å²) in [5.74, 6) is -0.302. The van der Waals surface area contributed by atoms with Gasteiger partial charge in [-0.15, -0.1) is 0 Å². The predicted octanol–water partition coefficient (Wildman–Crippen LogP) is 4.78. The molecule has 0 atom stereocenters. The topological polar surface area (TPSA) is 97.6 Å². The number of aromatic hydroxyl groups is 1. The molecule has 3 N–H and O–H groups in total. The largest absolute Gasteiger partial charge is 0.508 e. The van der Waals surface area contributed by atoms with Crippen molar-refractivity contribution in [1.29, 1.82) is 5.26 Å². The second-order valence-corrected chi connectivity index (χ2v) is 8.17. The summed E-state index contributed by atoms with van der Waals surface area (Å²) in [6.45, 7) is 3.90. The highest BCUT2D eigenvalue weighted by Crippen LogP contribution is 2.39. The highest BCUT2D eigenvalue weighted by molar-refractivity contribution is 6.00. The number of fused-ring (bicyclic) bond motifs is 1. The molecule has 0 amide bonds. The lowest BCUT2D eigenvalue weighted by molar-refractivity contribution is 0.460. The molecule has 0 spiro atoms. The number of phenols is 1. The smallest absolute Gasteiger partial charge is 0.156 e. The van der Waals surface area contributed by atoms with E-state index in [0.717, 1.165) is 48.6 Å². The van der Waals surface area contributed by atoms with Crippen molar-refractivity contribution in [2.75, 3.05) is 13.1 Å². The summed E-state index contributed by atoms with van der Waals surface area (Å²) in [4.78, 5) is 4.54.